The van der Waals surface area contributed by atoms with Gasteiger partial charge in [-0.05, 0) is 24.1 Å². The molecule has 0 aliphatic carbocycles. The first-order valence-electron chi connectivity index (χ1n) is 6.10. The quantitative estimate of drug-likeness (QED) is 0.908. The van der Waals surface area contributed by atoms with Crippen LogP contribution in [0.2, 0.25) is 10.0 Å². The lowest BCUT2D eigenvalue weighted by Gasteiger charge is -2.33. The van der Waals surface area contributed by atoms with Gasteiger partial charge in [-0.3, -0.25) is 4.90 Å². The van der Waals surface area contributed by atoms with Gasteiger partial charge >= 0.3 is 0 Å². The van der Waals surface area contributed by atoms with Crippen molar-refractivity contribution >= 4 is 23.2 Å². The molecule has 0 radical (unpaired) electrons. The minimum absolute atomic E-state index is 0.0930. The van der Waals surface area contributed by atoms with Gasteiger partial charge in [-0.15, -0.1) is 0 Å². The highest BCUT2D eigenvalue weighted by molar-refractivity contribution is 6.42. The van der Waals surface area contributed by atoms with Crippen LogP contribution in [0.3, 0.4) is 0 Å². The molecule has 0 heterocycles. The van der Waals surface area contributed by atoms with Gasteiger partial charge in [0.15, 0.2) is 0 Å². The number of likely N-dealkylation sites (N-methyl/N-ethyl adjacent to an activating group) is 1. The molecule has 1 unspecified atom stereocenters. The van der Waals surface area contributed by atoms with Crippen molar-refractivity contribution in [1.82, 2.24) is 4.90 Å². The smallest absolute Gasteiger partial charge is 0.0640 e. The van der Waals surface area contributed by atoms with Crippen LogP contribution < -0.4 is 5.73 Å². The molecule has 0 aliphatic rings. The highest BCUT2D eigenvalue weighted by Gasteiger charge is 2.23. The zero-order chi connectivity index (χ0) is 13.9. The van der Waals surface area contributed by atoms with E-state index in [0.717, 1.165) is 12.1 Å². The topological polar surface area (TPSA) is 29.3 Å². The largest absolute Gasteiger partial charge is 0.329 e. The van der Waals surface area contributed by atoms with Crippen molar-refractivity contribution in [1.29, 1.82) is 0 Å². The summed E-state index contributed by atoms with van der Waals surface area (Å²) in [7, 11) is 2.07. The van der Waals surface area contributed by atoms with Gasteiger partial charge in [0, 0.05) is 19.1 Å². The fourth-order valence-electron chi connectivity index (χ4n) is 2.18. The number of hydrogen-bond acceptors (Lipinski definition) is 2. The molecular weight excluding hydrogens is 267 g/mol. The van der Waals surface area contributed by atoms with Crippen molar-refractivity contribution < 1.29 is 0 Å². The molecule has 0 saturated heterocycles. The summed E-state index contributed by atoms with van der Waals surface area (Å²) < 4.78 is 0. The van der Waals surface area contributed by atoms with Crippen molar-refractivity contribution in [3.63, 3.8) is 0 Å². The second-order valence-corrected chi connectivity index (χ2v) is 6.66. The lowest BCUT2D eigenvalue weighted by atomic mass is 9.94. The predicted molar refractivity (Wildman–Crippen MR) is 80.3 cm³/mol. The van der Waals surface area contributed by atoms with E-state index in [4.69, 9.17) is 28.9 Å². The number of rotatable bonds is 4. The Morgan fingerprint density at radius 3 is 2.39 bits per heavy atom. The summed E-state index contributed by atoms with van der Waals surface area (Å²) >= 11 is 12.3. The molecule has 0 amide bonds. The molecule has 1 aromatic rings. The first-order chi connectivity index (χ1) is 8.26. The molecule has 2 N–H and O–H groups in total. The fourth-order valence-corrected chi connectivity index (χ4v) is 2.61. The van der Waals surface area contributed by atoms with Crippen LogP contribution in [0, 0.1) is 5.41 Å². The van der Waals surface area contributed by atoms with Gasteiger partial charge in [0.1, 0.15) is 0 Å². The first kappa shape index (κ1) is 15.8. The molecule has 4 heteroatoms. The molecule has 0 fully saturated rings. The van der Waals surface area contributed by atoms with Gasteiger partial charge in [-0.1, -0.05) is 56.1 Å². The Balaban J connectivity index is 2.99. The van der Waals surface area contributed by atoms with E-state index < -0.39 is 0 Å². The summed E-state index contributed by atoms with van der Waals surface area (Å²) in [6.07, 6.45) is 0. The molecular formula is C14H22Cl2N2. The van der Waals surface area contributed by atoms with Crippen LogP contribution in [0.4, 0.5) is 0 Å². The molecule has 18 heavy (non-hydrogen) atoms. The summed E-state index contributed by atoms with van der Waals surface area (Å²) in [4.78, 5) is 2.23. The molecule has 0 aliphatic heterocycles. The highest BCUT2D eigenvalue weighted by Crippen LogP contribution is 2.32. The summed E-state index contributed by atoms with van der Waals surface area (Å²) in [5.41, 5.74) is 7.11. The second kappa shape index (κ2) is 6.25. The molecule has 2 nitrogen and oxygen atoms in total. The number of nitrogens with two attached hydrogens (primary N) is 1. The number of hydrogen-bond donors (Lipinski definition) is 1. The van der Waals surface area contributed by atoms with Crippen molar-refractivity contribution in [2.24, 2.45) is 11.1 Å². The van der Waals surface area contributed by atoms with E-state index in [2.05, 4.69) is 32.7 Å². The zero-order valence-corrected chi connectivity index (χ0v) is 13.0. The van der Waals surface area contributed by atoms with Gasteiger partial charge in [-0.25, -0.2) is 0 Å². The van der Waals surface area contributed by atoms with Crippen LogP contribution in [-0.2, 0) is 0 Å². The minimum atomic E-state index is 0.0930. The van der Waals surface area contributed by atoms with E-state index in [-0.39, 0.29) is 11.5 Å². The Hall–Kier alpha value is -0.280. The number of nitrogens with zero attached hydrogens (tertiary/aromatic N) is 1. The van der Waals surface area contributed by atoms with Gasteiger partial charge < -0.3 is 5.73 Å². The molecule has 0 aromatic heterocycles. The van der Waals surface area contributed by atoms with E-state index in [0.29, 0.717) is 16.6 Å². The van der Waals surface area contributed by atoms with Gasteiger partial charge in [0.05, 0.1) is 10.0 Å². The van der Waals surface area contributed by atoms with Gasteiger partial charge in [0.25, 0.3) is 0 Å². The van der Waals surface area contributed by atoms with Crippen LogP contribution in [0.25, 0.3) is 0 Å². The third kappa shape index (κ3) is 4.13. The third-order valence-corrected chi connectivity index (χ3v) is 3.65. The van der Waals surface area contributed by atoms with E-state index in [1.165, 1.54) is 0 Å². The van der Waals surface area contributed by atoms with Crippen LogP contribution >= 0.6 is 23.2 Å². The zero-order valence-electron chi connectivity index (χ0n) is 11.5. The molecule has 102 valence electrons. The predicted octanol–water partition coefficient (Wildman–Crippen LogP) is 3.97. The Morgan fingerprint density at radius 2 is 1.89 bits per heavy atom. The van der Waals surface area contributed by atoms with Crippen LogP contribution in [-0.4, -0.2) is 25.0 Å². The lowest BCUT2D eigenvalue weighted by Crippen LogP contribution is -2.36. The molecule has 0 spiro atoms. The van der Waals surface area contributed by atoms with Crippen molar-refractivity contribution in [3.8, 4) is 0 Å². The Labute approximate surface area is 120 Å². The third-order valence-electron chi connectivity index (χ3n) is 2.82. The van der Waals surface area contributed by atoms with Gasteiger partial charge in [-0.2, -0.15) is 0 Å². The molecule has 0 bridgehead atoms. The summed E-state index contributed by atoms with van der Waals surface area (Å²) in [6, 6.07) is 5.79. The maximum absolute atomic E-state index is 6.27. The normalized spacial score (nSPS) is 14.0. The van der Waals surface area contributed by atoms with E-state index in [1.54, 1.807) is 6.07 Å². The van der Waals surface area contributed by atoms with Crippen LogP contribution in [0.1, 0.15) is 32.4 Å². The fraction of sp³-hybridized carbons (Fsp3) is 0.571. The highest BCUT2D eigenvalue weighted by atomic mass is 35.5. The summed E-state index contributed by atoms with van der Waals surface area (Å²) in [5, 5.41) is 1.19. The molecule has 0 saturated carbocycles. The Kier molecular flexibility index (Phi) is 5.47. The van der Waals surface area contributed by atoms with Gasteiger partial charge in [0.2, 0.25) is 0 Å². The SMILES string of the molecule is CN(CC(C)(C)C)C(CN)c1cccc(Cl)c1Cl. The van der Waals surface area contributed by atoms with Crippen LogP contribution in [0.5, 0.6) is 0 Å². The van der Waals surface area contributed by atoms with E-state index in [1.807, 2.05) is 12.1 Å². The van der Waals surface area contributed by atoms with Crippen molar-refractivity contribution in [2.75, 3.05) is 20.1 Å². The standard InChI is InChI=1S/C14H22Cl2N2/c1-14(2,3)9-18(4)12(8-17)10-6-5-7-11(15)13(10)16/h5-7,12H,8-9,17H2,1-4H3. The second-order valence-electron chi connectivity index (χ2n) is 5.87. The first-order valence-corrected chi connectivity index (χ1v) is 6.86. The summed E-state index contributed by atoms with van der Waals surface area (Å²) in [5.74, 6) is 0. The monoisotopic (exact) mass is 288 g/mol. The molecule has 1 atom stereocenters. The molecule has 1 aromatic carbocycles. The number of halogens is 2. The average molecular weight is 289 g/mol. The molecule has 1 rings (SSSR count). The number of benzene rings is 1. The Bertz CT molecular complexity index is 399. The minimum Gasteiger partial charge on any atom is -0.329 e. The lowest BCUT2D eigenvalue weighted by molar-refractivity contribution is 0.176. The van der Waals surface area contributed by atoms with Crippen molar-refractivity contribution in [3.05, 3.63) is 33.8 Å². The van der Waals surface area contributed by atoms with E-state index in [9.17, 15) is 0 Å². The maximum Gasteiger partial charge on any atom is 0.0640 e. The Morgan fingerprint density at radius 1 is 1.28 bits per heavy atom. The average Bonchev–Trinajstić information content (AvgIpc) is 2.22. The summed E-state index contributed by atoms with van der Waals surface area (Å²) in [6.45, 7) is 8.08. The van der Waals surface area contributed by atoms with Crippen LogP contribution in [0.15, 0.2) is 18.2 Å². The van der Waals surface area contributed by atoms with E-state index >= 15 is 0 Å². The maximum atomic E-state index is 6.27. The van der Waals surface area contributed by atoms with Crippen molar-refractivity contribution in [2.45, 2.75) is 26.8 Å².